The molecular weight excluding hydrogens is 286 g/mol. The van der Waals surface area contributed by atoms with Gasteiger partial charge in [-0.25, -0.2) is 12.7 Å². The summed E-state index contributed by atoms with van der Waals surface area (Å²) in [4.78, 5) is 0. The van der Waals surface area contributed by atoms with Crippen molar-refractivity contribution in [3.05, 3.63) is 35.4 Å². The fourth-order valence-electron chi connectivity index (χ4n) is 3.85. The zero-order valence-corrected chi connectivity index (χ0v) is 13.3. The summed E-state index contributed by atoms with van der Waals surface area (Å²) < 4.78 is 25.0. The second-order valence-electron chi connectivity index (χ2n) is 6.52. The smallest absolute Gasteiger partial charge is 0.211 e. The molecule has 0 radical (unpaired) electrons. The van der Waals surface area contributed by atoms with Crippen LogP contribution in [0, 0.1) is 5.92 Å². The molecule has 2 unspecified atom stereocenters. The molecule has 1 saturated heterocycles. The summed E-state index contributed by atoms with van der Waals surface area (Å²) in [6.07, 6.45) is 5.48. The molecular formula is C16H23NO3S. The lowest BCUT2D eigenvalue weighted by Crippen LogP contribution is -2.41. The quantitative estimate of drug-likeness (QED) is 0.927. The fourth-order valence-corrected chi connectivity index (χ4v) is 4.80. The summed E-state index contributed by atoms with van der Waals surface area (Å²) in [5.74, 6) is 0.240. The van der Waals surface area contributed by atoms with Crippen molar-refractivity contribution in [1.82, 2.24) is 4.31 Å². The van der Waals surface area contributed by atoms with E-state index in [2.05, 4.69) is 6.07 Å². The number of sulfonamides is 1. The molecule has 0 aromatic heterocycles. The summed E-state index contributed by atoms with van der Waals surface area (Å²) in [6, 6.07) is 8.08. The van der Waals surface area contributed by atoms with Crippen LogP contribution in [0.4, 0.5) is 0 Å². The number of hydrogen-bond acceptors (Lipinski definition) is 3. The molecule has 1 aliphatic carbocycles. The Bertz CT molecular complexity index is 628. The molecule has 0 spiro atoms. The van der Waals surface area contributed by atoms with Gasteiger partial charge < -0.3 is 5.11 Å². The Morgan fingerprint density at radius 2 is 2.14 bits per heavy atom. The first-order chi connectivity index (χ1) is 9.88. The highest BCUT2D eigenvalue weighted by Crippen LogP contribution is 2.42. The van der Waals surface area contributed by atoms with Gasteiger partial charge >= 0.3 is 0 Å². The fraction of sp³-hybridized carbons (Fsp3) is 0.625. The van der Waals surface area contributed by atoms with E-state index in [1.165, 1.54) is 11.8 Å². The van der Waals surface area contributed by atoms with E-state index in [1.807, 2.05) is 18.2 Å². The third kappa shape index (κ3) is 3.00. The van der Waals surface area contributed by atoms with Crippen LogP contribution in [-0.4, -0.2) is 37.2 Å². The van der Waals surface area contributed by atoms with Crippen molar-refractivity contribution in [1.29, 1.82) is 0 Å². The summed E-state index contributed by atoms with van der Waals surface area (Å²) in [7, 11) is -3.12. The van der Waals surface area contributed by atoms with E-state index < -0.39 is 15.6 Å². The van der Waals surface area contributed by atoms with Crippen molar-refractivity contribution in [3.8, 4) is 0 Å². The minimum atomic E-state index is -3.12. The van der Waals surface area contributed by atoms with Crippen molar-refractivity contribution in [2.75, 3.05) is 19.3 Å². The van der Waals surface area contributed by atoms with E-state index in [4.69, 9.17) is 0 Å². The lowest BCUT2D eigenvalue weighted by molar-refractivity contribution is 0.00499. The summed E-state index contributed by atoms with van der Waals surface area (Å²) in [6.45, 7) is 1.16. The first-order valence-electron chi connectivity index (χ1n) is 7.64. The third-order valence-electron chi connectivity index (χ3n) is 4.90. The van der Waals surface area contributed by atoms with E-state index in [-0.39, 0.29) is 5.92 Å². The van der Waals surface area contributed by atoms with Gasteiger partial charge in [-0.3, -0.25) is 0 Å². The van der Waals surface area contributed by atoms with Crippen LogP contribution in [0.25, 0.3) is 0 Å². The van der Waals surface area contributed by atoms with Gasteiger partial charge in [0.1, 0.15) is 0 Å². The number of nitrogens with zero attached hydrogens (tertiary/aromatic N) is 1. The van der Waals surface area contributed by atoms with Crippen LogP contribution < -0.4 is 0 Å². The molecule has 0 amide bonds. The standard InChI is InChI=1S/C16H23NO3S/c1-21(19,20)17-10-4-5-13(12-17)11-16(18)9-8-14-6-2-3-7-15(14)16/h2-3,6-7,13,18H,4-5,8-12H2,1H3. The molecule has 1 fully saturated rings. The molecule has 2 atom stereocenters. The molecule has 0 saturated carbocycles. The Balaban J connectivity index is 1.75. The summed E-state index contributed by atoms with van der Waals surface area (Å²) >= 11 is 0. The van der Waals surface area contributed by atoms with Crippen molar-refractivity contribution in [2.45, 2.75) is 37.7 Å². The maximum absolute atomic E-state index is 11.7. The minimum Gasteiger partial charge on any atom is -0.385 e. The van der Waals surface area contributed by atoms with Crippen LogP contribution in [0.2, 0.25) is 0 Å². The van der Waals surface area contributed by atoms with Crippen LogP contribution in [0.1, 0.15) is 36.8 Å². The maximum Gasteiger partial charge on any atom is 0.211 e. The molecule has 0 bridgehead atoms. The first kappa shape index (κ1) is 15.0. The molecule has 3 rings (SSSR count). The number of aliphatic hydroxyl groups is 1. The zero-order valence-electron chi connectivity index (χ0n) is 12.5. The number of fused-ring (bicyclic) bond motifs is 1. The van der Waals surface area contributed by atoms with Crippen LogP contribution >= 0.6 is 0 Å². The number of rotatable bonds is 3. The average molecular weight is 309 g/mol. The number of aryl methyl sites for hydroxylation is 1. The summed E-state index contributed by atoms with van der Waals surface area (Å²) in [5.41, 5.74) is 1.50. The highest BCUT2D eigenvalue weighted by Gasteiger charge is 2.39. The largest absolute Gasteiger partial charge is 0.385 e. The second kappa shape index (κ2) is 5.38. The number of piperidine rings is 1. The SMILES string of the molecule is CS(=O)(=O)N1CCCC(CC2(O)CCc3ccccc32)C1. The van der Waals surface area contributed by atoms with Gasteiger partial charge in [-0.2, -0.15) is 0 Å². The second-order valence-corrected chi connectivity index (χ2v) is 8.50. The number of hydrogen-bond donors (Lipinski definition) is 1. The Labute approximate surface area is 126 Å². The van der Waals surface area contributed by atoms with E-state index in [1.54, 1.807) is 4.31 Å². The third-order valence-corrected chi connectivity index (χ3v) is 6.17. The molecule has 4 nitrogen and oxygen atoms in total. The van der Waals surface area contributed by atoms with E-state index in [0.29, 0.717) is 19.5 Å². The predicted octanol–water partition coefficient (Wildman–Crippen LogP) is 1.88. The molecule has 5 heteroatoms. The van der Waals surface area contributed by atoms with Gasteiger partial charge in [-0.1, -0.05) is 24.3 Å². The van der Waals surface area contributed by atoms with Gasteiger partial charge in [0.2, 0.25) is 10.0 Å². The van der Waals surface area contributed by atoms with Crippen LogP contribution in [0.15, 0.2) is 24.3 Å². The molecule has 116 valence electrons. The van der Waals surface area contributed by atoms with Gasteiger partial charge in [0.25, 0.3) is 0 Å². The number of benzene rings is 1. The molecule has 1 aliphatic heterocycles. The monoisotopic (exact) mass is 309 g/mol. The molecule has 21 heavy (non-hydrogen) atoms. The van der Waals surface area contributed by atoms with Gasteiger partial charge in [0.05, 0.1) is 11.9 Å². The molecule has 1 heterocycles. The normalized spacial score (nSPS) is 30.3. The van der Waals surface area contributed by atoms with Crippen molar-refractivity contribution in [2.24, 2.45) is 5.92 Å². The lowest BCUT2D eigenvalue weighted by Gasteiger charge is -2.35. The Hall–Kier alpha value is -0.910. The Kier molecular flexibility index (Phi) is 3.84. The average Bonchev–Trinajstić information content (AvgIpc) is 2.76. The highest BCUT2D eigenvalue weighted by atomic mass is 32.2. The van der Waals surface area contributed by atoms with E-state index >= 15 is 0 Å². The maximum atomic E-state index is 11.7. The van der Waals surface area contributed by atoms with Gasteiger partial charge in [-0.05, 0) is 49.1 Å². The van der Waals surface area contributed by atoms with Crippen molar-refractivity contribution >= 4 is 10.0 Å². The zero-order chi connectivity index (χ0) is 15.1. The topological polar surface area (TPSA) is 57.6 Å². The predicted molar refractivity (Wildman–Crippen MR) is 82.4 cm³/mol. The van der Waals surface area contributed by atoms with Crippen molar-refractivity contribution < 1.29 is 13.5 Å². The van der Waals surface area contributed by atoms with Gasteiger partial charge in [0.15, 0.2) is 0 Å². The molecule has 1 N–H and O–H groups in total. The van der Waals surface area contributed by atoms with Gasteiger partial charge in [-0.15, -0.1) is 0 Å². The van der Waals surface area contributed by atoms with Crippen LogP contribution in [-0.2, 0) is 22.0 Å². The van der Waals surface area contributed by atoms with Gasteiger partial charge in [0, 0.05) is 13.1 Å². The van der Waals surface area contributed by atoms with Crippen LogP contribution in [0.3, 0.4) is 0 Å². The Morgan fingerprint density at radius 3 is 2.90 bits per heavy atom. The van der Waals surface area contributed by atoms with E-state index in [9.17, 15) is 13.5 Å². The summed E-state index contributed by atoms with van der Waals surface area (Å²) in [5, 5.41) is 11.0. The minimum absolute atomic E-state index is 0.240. The highest BCUT2D eigenvalue weighted by molar-refractivity contribution is 7.88. The molecule has 1 aromatic rings. The molecule has 1 aromatic carbocycles. The van der Waals surface area contributed by atoms with Crippen LogP contribution in [0.5, 0.6) is 0 Å². The molecule has 2 aliphatic rings. The lowest BCUT2D eigenvalue weighted by atomic mass is 9.82. The van der Waals surface area contributed by atoms with E-state index in [0.717, 1.165) is 31.2 Å². The Morgan fingerprint density at radius 1 is 1.38 bits per heavy atom. The first-order valence-corrected chi connectivity index (χ1v) is 9.49. The van der Waals surface area contributed by atoms with Crippen molar-refractivity contribution in [3.63, 3.8) is 0 Å².